The molecule has 6 N–H and O–H groups in total. The number of carbonyl (C=O) groups is 6. The minimum Gasteiger partial charge on any atom is -0.356 e. The van der Waals surface area contributed by atoms with E-state index in [1.54, 1.807) is 0 Å². The van der Waals surface area contributed by atoms with Crippen molar-refractivity contribution >= 4 is 35.4 Å². The van der Waals surface area contributed by atoms with Gasteiger partial charge in [0, 0.05) is 77.8 Å². The maximum Gasteiger partial charge on any atom is 0.246 e. The molecule has 1 aliphatic heterocycles. The molecule has 0 aromatic carbocycles. The third kappa shape index (κ3) is 16.3. The molecule has 0 radical (unpaired) electrons. The van der Waals surface area contributed by atoms with E-state index in [4.69, 9.17) is 0 Å². The first-order chi connectivity index (χ1) is 18.6. The Hall–Kier alpha value is -3.30. The number of amides is 6. The Morgan fingerprint density at radius 3 is 0.923 bits per heavy atom. The van der Waals surface area contributed by atoms with Gasteiger partial charge in [-0.2, -0.15) is 0 Å². The molecule has 1 fully saturated rings. The molecule has 39 heavy (non-hydrogen) atoms. The van der Waals surface area contributed by atoms with Crippen molar-refractivity contribution in [2.24, 2.45) is 0 Å². The number of rotatable bonds is 0. The predicted octanol–water partition coefficient (Wildman–Crippen LogP) is -0.317. The highest BCUT2D eigenvalue weighted by Gasteiger charge is 2.16. The largest absolute Gasteiger partial charge is 0.356 e. The van der Waals surface area contributed by atoms with Gasteiger partial charge in [-0.25, -0.2) is 15.2 Å². The first kappa shape index (κ1) is 33.7. The van der Waals surface area contributed by atoms with Gasteiger partial charge in [-0.05, 0) is 38.5 Å². The van der Waals surface area contributed by atoms with E-state index in [9.17, 15) is 44.4 Å². The Labute approximate surface area is 227 Å². The van der Waals surface area contributed by atoms with Crippen molar-refractivity contribution in [3.63, 3.8) is 0 Å². The van der Waals surface area contributed by atoms with Crippen LogP contribution < -0.4 is 16.0 Å². The summed E-state index contributed by atoms with van der Waals surface area (Å²) in [6.45, 7) is 0.966. The van der Waals surface area contributed by atoms with Crippen molar-refractivity contribution in [2.75, 3.05) is 39.3 Å². The zero-order chi connectivity index (χ0) is 29.0. The van der Waals surface area contributed by atoms with Gasteiger partial charge >= 0.3 is 0 Å². The van der Waals surface area contributed by atoms with Crippen molar-refractivity contribution in [3.05, 3.63) is 0 Å². The number of hydrogen-bond donors (Lipinski definition) is 6. The van der Waals surface area contributed by atoms with Crippen LogP contribution in [0.25, 0.3) is 0 Å². The third-order valence-electron chi connectivity index (χ3n) is 5.92. The van der Waals surface area contributed by atoms with Crippen LogP contribution in [-0.2, 0) is 28.8 Å². The van der Waals surface area contributed by atoms with Gasteiger partial charge in [-0.1, -0.05) is 0 Å². The van der Waals surface area contributed by atoms with Crippen molar-refractivity contribution in [1.29, 1.82) is 0 Å². The lowest BCUT2D eigenvalue weighted by Crippen LogP contribution is -2.33. The monoisotopic (exact) mass is 558 g/mol. The van der Waals surface area contributed by atoms with Crippen molar-refractivity contribution in [1.82, 2.24) is 31.1 Å². The van der Waals surface area contributed by atoms with Gasteiger partial charge in [0.05, 0.1) is 0 Å². The number of nitrogens with one attached hydrogen (secondary N) is 3. The first-order valence-electron chi connectivity index (χ1n) is 13.4. The summed E-state index contributed by atoms with van der Waals surface area (Å²) in [5.74, 6) is -2.93. The lowest BCUT2D eigenvalue weighted by atomic mass is 10.2. The molecule has 1 saturated heterocycles. The Kier molecular flexibility index (Phi) is 17.1. The summed E-state index contributed by atoms with van der Waals surface area (Å²) in [7, 11) is 0. The van der Waals surface area contributed by atoms with Gasteiger partial charge in [0.1, 0.15) is 0 Å². The fraction of sp³-hybridized carbons (Fsp3) is 0.750. The highest BCUT2D eigenvalue weighted by atomic mass is 16.5. The van der Waals surface area contributed by atoms with E-state index in [0.717, 1.165) is 0 Å². The highest BCUT2D eigenvalue weighted by Crippen LogP contribution is 2.02. The number of hydroxylamine groups is 6. The van der Waals surface area contributed by atoms with Gasteiger partial charge in [0.2, 0.25) is 35.4 Å². The second-order valence-electron chi connectivity index (χ2n) is 9.22. The van der Waals surface area contributed by atoms with Crippen LogP contribution in [-0.4, -0.2) is 106 Å². The molecule has 0 bridgehead atoms. The summed E-state index contributed by atoms with van der Waals surface area (Å²) in [4.78, 5) is 71.7. The number of carbonyl (C=O) groups excluding carboxylic acids is 6. The van der Waals surface area contributed by atoms with Crippen LogP contribution >= 0.6 is 0 Å². The van der Waals surface area contributed by atoms with Crippen LogP contribution in [0.15, 0.2) is 0 Å². The second kappa shape index (κ2) is 19.7. The average molecular weight is 559 g/mol. The molecule has 0 aromatic heterocycles. The van der Waals surface area contributed by atoms with Gasteiger partial charge in [0.25, 0.3) is 0 Å². The highest BCUT2D eigenvalue weighted by molar-refractivity contribution is 5.84. The second-order valence-corrected chi connectivity index (χ2v) is 9.22. The molecular weight excluding hydrogens is 516 g/mol. The van der Waals surface area contributed by atoms with E-state index in [-0.39, 0.29) is 95.5 Å². The van der Waals surface area contributed by atoms with E-state index in [1.807, 2.05) is 0 Å². The molecule has 0 aromatic rings. The average Bonchev–Trinajstić information content (AvgIpc) is 2.91. The van der Waals surface area contributed by atoms with Crippen molar-refractivity contribution < 1.29 is 44.4 Å². The SMILES string of the molecule is O=C1CCC(=O)N(O)CCCCNC(=O)CCC(=O)N(O)CCCCNC(=O)CCC(=O)N(O)CCCCN1. The van der Waals surface area contributed by atoms with Gasteiger partial charge in [-0.15, -0.1) is 0 Å². The summed E-state index contributed by atoms with van der Waals surface area (Å²) < 4.78 is 0. The summed E-state index contributed by atoms with van der Waals surface area (Å²) in [5, 5.41) is 39.0. The molecule has 0 spiro atoms. The number of hydrogen-bond acceptors (Lipinski definition) is 9. The molecule has 222 valence electrons. The summed E-state index contributed by atoms with van der Waals surface area (Å²) >= 11 is 0. The molecule has 15 nitrogen and oxygen atoms in total. The van der Waals surface area contributed by atoms with Crippen LogP contribution in [0.4, 0.5) is 0 Å². The van der Waals surface area contributed by atoms with Crippen LogP contribution in [0.2, 0.25) is 0 Å². The lowest BCUT2D eigenvalue weighted by Gasteiger charge is -2.16. The third-order valence-corrected chi connectivity index (χ3v) is 5.92. The fourth-order valence-corrected chi connectivity index (χ4v) is 3.53. The van der Waals surface area contributed by atoms with Crippen molar-refractivity contribution in [3.8, 4) is 0 Å². The minimum atomic E-state index is -0.607. The summed E-state index contributed by atoms with van der Waals surface area (Å²) in [5.41, 5.74) is 0. The molecule has 1 heterocycles. The molecule has 6 amide bonds. The van der Waals surface area contributed by atoms with E-state index in [0.29, 0.717) is 53.7 Å². The molecular formula is C24H42N6O9. The zero-order valence-corrected chi connectivity index (χ0v) is 22.4. The van der Waals surface area contributed by atoms with Crippen LogP contribution in [0, 0.1) is 0 Å². The van der Waals surface area contributed by atoms with E-state index in [2.05, 4.69) is 16.0 Å². The zero-order valence-electron chi connectivity index (χ0n) is 22.4. The molecule has 0 unspecified atom stereocenters. The summed E-state index contributed by atoms with van der Waals surface area (Å²) in [6.07, 6.45) is 1.78. The smallest absolute Gasteiger partial charge is 0.246 e. The normalized spacial score (nSPS) is 21.2. The fourth-order valence-electron chi connectivity index (χ4n) is 3.53. The van der Waals surface area contributed by atoms with Crippen LogP contribution in [0.3, 0.4) is 0 Å². The molecule has 0 saturated carbocycles. The first-order valence-corrected chi connectivity index (χ1v) is 13.4. The van der Waals surface area contributed by atoms with Crippen LogP contribution in [0.5, 0.6) is 0 Å². The molecule has 0 atom stereocenters. The van der Waals surface area contributed by atoms with Crippen molar-refractivity contribution in [2.45, 2.75) is 77.0 Å². The molecule has 1 rings (SSSR count). The molecule has 1 aliphatic rings. The quantitative estimate of drug-likeness (QED) is 0.215. The van der Waals surface area contributed by atoms with Gasteiger partial charge in [0.15, 0.2) is 0 Å². The van der Waals surface area contributed by atoms with E-state index in [1.165, 1.54) is 0 Å². The Morgan fingerprint density at radius 2 is 0.667 bits per heavy atom. The Balaban J connectivity index is 2.53. The Bertz CT molecular complexity index is 721. The maximum atomic E-state index is 12.0. The maximum absolute atomic E-state index is 12.0. The van der Waals surface area contributed by atoms with Gasteiger partial charge < -0.3 is 16.0 Å². The molecule has 15 heteroatoms. The van der Waals surface area contributed by atoms with Gasteiger partial charge in [-0.3, -0.25) is 44.4 Å². The summed E-state index contributed by atoms with van der Waals surface area (Å²) in [6, 6.07) is 0. The van der Waals surface area contributed by atoms with Crippen LogP contribution in [0.1, 0.15) is 77.0 Å². The lowest BCUT2D eigenvalue weighted by molar-refractivity contribution is -0.166. The topological polar surface area (TPSA) is 209 Å². The Morgan fingerprint density at radius 1 is 0.410 bits per heavy atom. The van der Waals surface area contributed by atoms with E-state index < -0.39 is 17.7 Å². The predicted molar refractivity (Wildman–Crippen MR) is 135 cm³/mol. The number of nitrogens with zero attached hydrogens (tertiary/aromatic N) is 3. The minimum absolute atomic E-state index is 0.0361. The molecule has 0 aliphatic carbocycles. The van der Waals surface area contributed by atoms with E-state index >= 15 is 0 Å². The standard InChI is InChI=1S/C24H42N6O9/c31-19-7-10-23(35)29(38)17-5-2-15-27-21(33)9-12-24(36)30(39)18-6-3-14-26-20(32)8-11-22(34)28(37)16-4-1-13-25-19/h37-39H,1-18H2,(H,25,31)(H,26,32)(H,27,33).